The van der Waals surface area contributed by atoms with E-state index in [1.165, 1.54) is 6.42 Å². The Morgan fingerprint density at radius 3 is 2.38 bits per heavy atom. The molecule has 3 heteroatoms. The van der Waals surface area contributed by atoms with Gasteiger partial charge in [0.2, 0.25) is 0 Å². The molecular formula is C10H17ClN2. The molecule has 0 aromatic heterocycles. The van der Waals surface area contributed by atoms with Crippen molar-refractivity contribution < 1.29 is 0 Å². The number of halogens is 1. The summed E-state index contributed by atoms with van der Waals surface area (Å²) in [5, 5.41) is 1.80. The van der Waals surface area contributed by atoms with E-state index in [-0.39, 0.29) is 12.4 Å². The summed E-state index contributed by atoms with van der Waals surface area (Å²) in [6.45, 7) is 3.10. The van der Waals surface area contributed by atoms with Gasteiger partial charge in [0, 0.05) is 6.54 Å². The van der Waals surface area contributed by atoms with Gasteiger partial charge in [0.25, 0.3) is 0 Å². The van der Waals surface area contributed by atoms with Crippen molar-refractivity contribution in [3.05, 3.63) is 30.3 Å². The summed E-state index contributed by atoms with van der Waals surface area (Å²) in [6, 6.07) is 10.0. The van der Waals surface area contributed by atoms with Crippen molar-refractivity contribution in [3.63, 3.8) is 0 Å². The van der Waals surface area contributed by atoms with Crippen LogP contribution in [0.2, 0.25) is 0 Å². The van der Waals surface area contributed by atoms with Gasteiger partial charge < -0.3 is 5.01 Å². The molecule has 0 aliphatic carbocycles. The summed E-state index contributed by atoms with van der Waals surface area (Å²) in [7, 11) is 0. The highest BCUT2D eigenvalue weighted by Gasteiger charge is 1.97. The molecule has 0 saturated heterocycles. The van der Waals surface area contributed by atoms with E-state index in [0.717, 1.165) is 18.7 Å². The van der Waals surface area contributed by atoms with Gasteiger partial charge in [-0.3, -0.25) is 0 Å². The lowest BCUT2D eigenvalue weighted by Gasteiger charge is -2.17. The number of rotatable bonds is 4. The van der Waals surface area contributed by atoms with E-state index in [1.807, 2.05) is 30.3 Å². The zero-order valence-corrected chi connectivity index (χ0v) is 8.76. The lowest BCUT2D eigenvalue weighted by atomic mass is 10.3. The quantitative estimate of drug-likeness (QED) is 0.598. The van der Waals surface area contributed by atoms with Crippen LogP contribution in [0.3, 0.4) is 0 Å². The third kappa shape index (κ3) is 4.15. The minimum Gasteiger partial charge on any atom is -0.311 e. The first kappa shape index (κ1) is 12.3. The highest BCUT2D eigenvalue weighted by Crippen LogP contribution is 2.09. The van der Waals surface area contributed by atoms with Crippen molar-refractivity contribution in [2.24, 2.45) is 5.84 Å². The minimum atomic E-state index is 0. The molecule has 1 rings (SSSR count). The number of hydrogen-bond donors (Lipinski definition) is 1. The summed E-state index contributed by atoms with van der Waals surface area (Å²) in [6.07, 6.45) is 2.33. The number of hydrazine groups is 1. The lowest BCUT2D eigenvalue weighted by Crippen LogP contribution is -2.31. The molecule has 0 heterocycles. The van der Waals surface area contributed by atoms with Crippen molar-refractivity contribution >= 4 is 18.1 Å². The number of para-hydroxylation sites is 1. The molecule has 74 valence electrons. The lowest BCUT2D eigenvalue weighted by molar-refractivity contribution is 0.738. The average Bonchev–Trinajstić information content (AvgIpc) is 2.15. The van der Waals surface area contributed by atoms with Gasteiger partial charge in [-0.25, -0.2) is 5.84 Å². The fraction of sp³-hybridized carbons (Fsp3) is 0.400. The van der Waals surface area contributed by atoms with Crippen LogP contribution in [0.15, 0.2) is 30.3 Å². The first-order valence-corrected chi connectivity index (χ1v) is 4.42. The van der Waals surface area contributed by atoms with Crippen molar-refractivity contribution in [2.75, 3.05) is 11.6 Å². The predicted molar refractivity (Wildman–Crippen MR) is 60.1 cm³/mol. The molecule has 0 aliphatic rings. The van der Waals surface area contributed by atoms with Gasteiger partial charge in [0.15, 0.2) is 0 Å². The molecule has 13 heavy (non-hydrogen) atoms. The predicted octanol–water partition coefficient (Wildman–Crippen LogP) is 2.59. The second kappa shape index (κ2) is 6.75. The van der Waals surface area contributed by atoms with Crippen molar-refractivity contribution in [2.45, 2.75) is 19.8 Å². The number of benzene rings is 1. The van der Waals surface area contributed by atoms with Gasteiger partial charge in [0.1, 0.15) is 0 Å². The Kier molecular flexibility index (Phi) is 6.37. The summed E-state index contributed by atoms with van der Waals surface area (Å²) >= 11 is 0. The van der Waals surface area contributed by atoms with Gasteiger partial charge in [0.05, 0.1) is 5.69 Å². The van der Waals surface area contributed by atoms with Crippen LogP contribution in [0.25, 0.3) is 0 Å². The molecule has 0 atom stereocenters. The number of nitrogens with zero attached hydrogens (tertiary/aromatic N) is 1. The van der Waals surface area contributed by atoms with E-state index < -0.39 is 0 Å². The second-order valence-electron chi connectivity index (χ2n) is 2.88. The van der Waals surface area contributed by atoms with Gasteiger partial charge in [-0.15, -0.1) is 12.4 Å². The van der Waals surface area contributed by atoms with E-state index in [1.54, 1.807) is 5.01 Å². The van der Waals surface area contributed by atoms with E-state index in [2.05, 4.69) is 6.92 Å². The maximum absolute atomic E-state index is 5.81. The number of unbranched alkanes of at least 4 members (excludes halogenated alkanes) is 1. The van der Waals surface area contributed by atoms with Crippen molar-refractivity contribution in [1.82, 2.24) is 0 Å². The smallest absolute Gasteiger partial charge is 0.0517 e. The van der Waals surface area contributed by atoms with Crippen LogP contribution in [-0.4, -0.2) is 6.54 Å². The van der Waals surface area contributed by atoms with Gasteiger partial charge >= 0.3 is 0 Å². The molecular weight excluding hydrogens is 184 g/mol. The van der Waals surface area contributed by atoms with Gasteiger partial charge in [-0.05, 0) is 18.6 Å². The van der Waals surface area contributed by atoms with Crippen molar-refractivity contribution in [1.29, 1.82) is 0 Å². The molecule has 2 N–H and O–H groups in total. The van der Waals surface area contributed by atoms with Crippen molar-refractivity contribution in [3.8, 4) is 0 Å². The third-order valence-electron chi connectivity index (χ3n) is 1.84. The second-order valence-corrected chi connectivity index (χ2v) is 2.88. The zero-order chi connectivity index (χ0) is 8.81. The number of nitrogens with two attached hydrogens (primary N) is 1. The maximum Gasteiger partial charge on any atom is 0.0517 e. The summed E-state index contributed by atoms with van der Waals surface area (Å²) < 4.78 is 0. The van der Waals surface area contributed by atoms with E-state index in [9.17, 15) is 0 Å². The first-order valence-electron chi connectivity index (χ1n) is 4.42. The van der Waals surface area contributed by atoms with Gasteiger partial charge in [-0.2, -0.15) is 0 Å². The number of hydrogen-bond acceptors (Lipinski definition) is 2. The Morgan fingerprint density at radius 1 is 1.23 bits per heavy atom. The highest BCUT2D eigenvalue weighted by molar-refractivity contribution is 5.85. The Labute approximate surface area is 86.1 Å². The molecule has 0 radical (unpaired) electrons. The molecule has 0 fully saturated rings. The van der Waals surface area contributed by atoms with E-state index in [4.69, 9.17) is 5.84 Å². The fourth-order valence-electron chi connectivity index (χ4n) is 1.08. The molecule has 1 aromatic rings. The van der Waals surface area contributed by atoms with Gasteiger partial charge in [-0.1, -0.05) is 31.5 Å². The Hall–Kier alpha value is -0.730. The largest absolute Gasteiger partial charge is 0.311 e. The molecule has 0 saturated carbocycles. The topological polar surface area (TPSA) is 29.3 Å². The SMILES string of the molecule is CCCCN(N)c1ccccc1.Cl. The van der Waals surface area contributed by atoms with Crippen LogP contribution >= 0.6 is 12.4 Å². The molecule has 0 unspecified atom stereocenters. The van der Waals surface area contributed by atoms with E-state index >= 15 is 0 Å². The standard InChI is InChI=1S/C10H16N2.ClH/c1-2-3-9-12(11)10-7-5-4-6-8-10;/h4-8H,2-3,9,11H2,1H3;1H. The number of anilines is 1. The Morgan fingerprint density at radius 2 is 1.85 bits per heavy atom. The van der Waals surface area contributed by atoms with Crippen LogP contribution in [0.4, 0.5) is 5.69 Å². The van der Waals surface area contributed by atoms with Crippen LogP contribution in [0.5, 0.6) is 0 Å². The van der Waals surface area contributed by atoms with Crippen LogP contribution < -0.4 is 10.9 Å². The third-order valence-corrected chi connectivity index (χ3v) is 1.84. The molecule has 0 aliphatic heterocycles. The molecule has 1 aromatic carbocycles. The molecule has 0 amide bonds. The Bertz CT molecular complexity index is 213. The summed E-state index contributed by atoms with van der Waals surface area (Å²) in [4.78, 5) is 0. The fourth-order valence-corrected chi connectivity index (χ4v) is 1.08. The van der Waals surface area contributed by atoms with Crippen LogP contribution in [0, 0.1) is 0 Å². The first-order chi connectivity index (χ1) is 5.84. The average molecular weight is 201 g/mol. The van der Waals surface area contributed by atoms with E-state index in [0.29, 0.717) is 0 Å². The molecule has 0 spiro atoms. The minimum absolute atomic E-state index is 0. The molecule has 0 bridgehead atoms. The monoisotopic (exact) mass is 200 g/mol. The Balaban J connectivity index is 0.00000144. The summed E-state index contributed by atoms with van der Waals surface area (Å²) in [5.41, 5.74) is 1.09. The maximum atomic E-state index is 5.81. The normalized spacial score (nSPS) is 9.08. The summed E-state index contributed by atoms with van der Waals surface area (Å²) in [5.74, 6) is 5.81. The van der Waals surface area contributed by atoms with Crippen LogP contribution in [0.1, 0.15) is 19.8 Å². The zero-order valence-electron chi connectivity index (χ0n) is 7.94. The van der Waals surface area contributed by atoms with Crippen LogP contribution in [-0.2, 0) is 0 Å². The highest BCUT2D eigenvalue weighted by atomic mass is 35.5. The molecule has 2 nitrogen and oxygen atoms in total.